The fraction of sp³-hybridized carbons (Fsp3) is 0.370. The van der Waals surface area contributed by atoms with Crippen molar-refractivity contribution in [1.29, 1.82) is 0 Å². The van der Waals surface area contributed by atoms with E-state index >= 15 is 0 Å². The lowest BCUT2D eigenvalue weighted by Crippen LogP contribution is -2.37. The SMILES string of the molecule is C=CCOC[C@@H](O)CN(Cc1c(C)nn(-c2ccccc2)c1Oc1ccccc1F)CC(C)C. The molecule has 0 unspecified atom stereocenters. The maximum absolute atomic E-state index is 14.5. The summed E-state index contributed by atoms with van der Waals surface area (Å²) in [7, 11) is 0. The fourth-order valence-corrected chi connectivity index (χ4v) is 3.78. The second-order valence-corrected chi connectivity index (χ2v) is 8.72. The molecular formula is C27H34FN3O3. The van der Waals surface area contributed by atoms with E-state index in [1.807, 2.05) is 37.3 Å². The van der Waals surface area contributed by atoms with Gasteiger partial charge in [-0.1, -0.05) is 50.3 Å². The molecule has 3 aromatic rings. The first kappa shape index (κ1) is 25.6. The minimum Gasteiger partial charge on any atom is -0.435 e. The van der Waals surface area contributed by atoms with E-state index in [4.69, 9.17) is 14.6 Å². The number of aryl methyl sites for hydroxylation is 1. The van der Waals surface area contributed by atoms with Crippen molar-refractivity contribution in [3.63, 3.8) is 0 Å². The summed E-state index contributed by atoms with van der Waals surface area (Å²) in [5.41, 5.74) is 2.43. The Morgan fingerprint density at radius 3 is 2.50 bits per heavy atom. The summed E-state index contributed by atoms with van der Waals surface area (Å²) in [4.78, 5) is 2.15. The van der Waals surface area contributed by atoms with Gasteiger partial charge in [0.1, 0.15) is 0 Å². The van der Waals surface area contributed by atoms with E-state index in [0.29, 0.717) is 31.5 Å². The van der Waals surface area contributed by atoms with Gasteiger partial charge < -0.3 is 14.6 Å². The molecule has 1 atom stereocenters. The third-order valence-electron chi connectivity index (χ3n) is 5.20. The number of halogens is 1. The Morgan fingerprint density at radius 1 is 1.12 bits per heavy atom. The number of benzene rings is 2. The molecule has 1 N–H and O–H groups in total. The molecule has 34 heavy (non-hydrogen) atoms. The first-order valence-electron chi connectivity index (χ1n) is 11.5. The van der Waals surface area contributed by atoms with Crippen LogP contribution in [0.3, 0.4) is 0 Å². The molecule has 1 heterocycles. The maximum atomic E-state index is 14.5. The van der Waals surface area contributed by atoms with Crippen LogP contribution in [0.2, 0.25) is 0 Å². The van der Waals surface area contributed by atoms with Gasteiger partial charge in [-0.25, -0.2) is 9.07 Å². The Labute approximate surface area is 201 Å². The number of ether oxygens (including phenoxy) is 2. The zero-order valence-electron chi connectivity index (χ0n) is 20.2. The average molecular weight is 468 g/mol. The monoisotopic (exact) mass is 467 g/mol. The van der Waals surface area contributed by atoms with Crippen molar-refractivity contribution in [3.05, 3.63) is 84.3 Å². The molecule has 0 radical (unpaired) electrons. The number of aliphatic hydroxyl groups is 1. The molecular weight excluding hydrogens is 433 g/mol. The minimum absolute atomic E-state index is 0.133. The standard InChI is InChI=1S/C27H34FN3O3/c1-5-15-33-19-23(32)17-30(16-20(2)3)18-24-21(4)29-31(22-11-7-6-8-12-22)27(24)34-26-14-10-9-13-25(26)28/h5-14,20,23,32H,1,15-19H2,2-4H3/t23-/m0/s1. The van der Waals surface area contributed by atoms with Crippen LogP contribution in [0.15, 0.2) is 67.3 Å². The van der Waals surface area contributed by atoms with E-state index in [9.17, 15) is 9.50 Å². The third kappa shape index (κ3) is 7.00. The lowest BCUT2D eigenvalue weighted by molar-refractivity contribution is 0.0222. The highest BCUT2D eigenvalue weighted by molar-refractivity contribution is 5.43. The predicted octanol–water partition coefficient (Wildman–Crippen LogP) is 5.13. The number of nitrogens with zero attached hydrogens (tertiary/aromatic N) is 3. The van der Waals surface area contributed by atoms with Gasteiger partial charge in [0.15, 0.2) is 11.6 Å². The number of aliphatic hydroxyl groups excluding tert-OH is 1. The van der Waals surface area contributed by atoms with Crippen LogP contribution >= 0.6 is 0 Å². The lowest BCUT2D eigenvalue weighted by Gasteiger charge is -2.27. The van der Waals surface area contributed by atoms with Crippen molar-refractivity contribution in [2.24, 2.45) is 5.92 Å². The molecule has 1 aromatic heterocycles. The summed E-state index contributed by atoms with van der Waals surface area (Å²) >= 11 is 0. The Bertz CT molecular complexity index is 1050. The molecule has 0 aliphatic carbocycles. The van der Waals surface area contributed by atoms with Gasteiger partial charge >= 0.3 is 0 Å². The average Bonchev–Trinajstić information content (AvgIpc) is 3.10. The van der Waals surface area contributed by atoms with Crippen LogP contribution in [0.25, 0.3) is 5.69 Å². The fourth-order valence-electron chi connectivity index (χ4n) is 3.78. The van der Waals surface area contributed by atoms with E-state index in [-0.39, 0.29) is 12.4 Å². The summed E-state index contributed by atoms with van der Waals surface area (Å²) < 4.78 is 27.7. The van der Waals surface area contributed by atoms with Crippen molar-refractivity contribution in [3.8, 4) is 17.3 Å². The van der Waals surface area contributed by atoms with Crippen LogP contribution in [-0.2, 0) is 11.3 Å². The van der Waals surface area contributed by atoms with Crippen LogP contribution < -0.4 is 4.74 Å². The highest BCUT2D eigenvalue weighted by Gasteiger charge is 2.23. The van der Waals surface area contributed by atoms with E-state index in [1.54, 1.807) is 29.0 Å². The summed E-state index contributed by atoms with van der Waals surface area (Å²) in [6, 6.07) is 16.0. The van der Waals surface area contributed by atoms with Gasteiger partial charge in [0.05, 0.1) is 36.3 Å². The van der Waals surface area contributed by atoms with E-state index in [2.05, 4.69) is 25.3 Å². The molecule has 2 aromatic carbocycles. The molecule has 6 nitrogen and oxygen atoms in total. The first-order chi connectivity index (χ1) is 16.4. The summed E-state index contributed by atoms with van der Waals surface area (Å²) in [6.45, 7) is 12.1. The van der Waals surface area contributed by atoms with Crippen LogP contribution in [0.1, 0.15) is 25.1 Å². The smallest absolute Gasteiger partial charge is 0.227 e. The van der Waals surface area contributed by atoms with Crippen molar-refractivity contribution in [1.82, 2.24) is 14.7 Å². The zero-order valence-corrected chi connectivity index (χ0v) is 20.2. The van der Waals surface area contributed by atoms with E-state index in [1.165, 1.54) is 6.07 Å². The topological polar surface area (TPSA) is 59.8 Å². The van der Waals surface area contributed by atoms with Gasteiger partial charge in [-0.3, -0.25) is 4.90 Å². The molecule has 0 aliphatic rings. The normalized spacial score (nSPS) is 12.3. The second-order valence-electron chi connectivity index (χ2n) is 8.72. The molecule has 0 spiro atoms. The second kappa shape index (κ2) is 12.5. The van der Waals surface area contributed by atoms with Crippen LogP contribution in [0.5, 0.6) is 11.6 Å². The zero-order chi connectivity index (χ0) is 24.5. The Kier molecular flexibility index (Phi) is 9.39. The highest BCUT2D eigenvalue weighted by Crippen LogP contribution is 2.33. The molecule has 7 heteroatoms. The van der Waals surface area contributed by atoms with Crippen LogP contribution in [0, 0.1) is 18.7 Å². The van der Waals surface area contributed by atoms with Gasteiger partial charge in [0, 0.05) is 19.6 Å². The number of para-hydroxylation sites is 2. The maximum Gasteiger partial charge on any atom is 0.227 e. The first-order valence-corrected chi connectivity index (χ1v) is 11.5. The van der Waals surface area contributed by atoms with Crippen LogP contribution in [-0.4, -0.2) is 52.2 Å². The summed E-state index contributed by atoms with van der Waals surface area (Å²) in [5.74, 6) is 0.525. The number of rotatable bonds is 13. The minimum atomic E-state index is -0.654. The molecule has 3 rings (SSSR count). The third-order valence-corrected chi connectivity index (χ3v) is 5.20. The predicted molar refractivity (Wildman–Crippen MR) is 132 cm³/mol. The van der Waals surface area contributed by atoms with Gasteiger partial charge in [-0.05, 0) is 37.1 Å². The molecule has 0 aliphatic heterocycles. The number of hydrogen-bond donors (Lipinski definition) is 1. The van der Waals surface area contributed by atoms with Gasteiger partial charge in [0.2, 0.25) is 5.88 Å². The van der Waals surface area contributed by atoms with Gasteiger partial charge in [-0.15, -0.1) is 6.58 Å². The summed E-state index contributed by atoms with van der Waals surface area (Å²) in [5, 5.41) is 15.3. The van der Waals surface area contributed by atoms with Crippen LogP contribution in [0.4, 0.5) is 4.39 Å². The van der Waals surface area contributed by atoms with E-state index in [0.717, 1.165) is 23.5 Å². The number of hydrogen-bond acceptors (Lipinski definition) is 5. The molecule has 0 bridgehead atoms. The van der Waals surface area contributed by atoms with E-state index < -0.39 is 11.9 Å². The Morgan fingerprint density at radius 2 is 1.82 bits per heavy atom. The summed E-state index contributed by atoms with van der Waals surface area (Å²) in [6.07, 6.45) is 1.01. The Balaban J connectivity index is 1.95. The van der Waals surface area contributed by atoms with Gasteiger partial charge in [-0.2, -0.15) is 5.10 Å². The largest absolute Gasteiger partial charge is 0.435 e. The highest BCUT2D eigenvalue weighted by atomic mass is 19.1. The molecule has 0 saturated heterocycles. The Hall–Kier alpha value is -3.00. The molecule has 0 saturated carbocycles. The molecule has 0 fully saturated rings. The van der Waals surface area contributed by atoms with Crippen molar-refractivity contribution >= 4 is 0 Å². The van der Waals surface area contributed by atoms with Crippen molar-refractivity contribution in [2.45, 2.75) is 33.4 Å². The van der Waals surface area contributed by atoms with Crippen molar-refractivity contribution < 1.29 is 19.0 Å². The van der Waals surface area contributed by atoms with Crippen molar-refractivity contribution in [2.75, 3.05) is 26.3 Å². The lowest BCUT2D eigenvalue weighted by atomic mass is 10.1. The molecule has 0 amide bonds. The van der Waals surface area contributed by atoms with Gasteiger partial charge in [0.25, 0.3) is 0 Å². The number of aromatic nitrogens is 2. The quantitative estimate of drug-likeness (QED) is 0.279. The molecule has 182 valence electrons.